The predicted molar refractivity (Wildman–Crippen MR) is 102 cm³/mol. The van der Waals surface area contributed by atoms with Gasteiger partial charge in [0, 0.05) is 29.7 Å². The van der Waals surface area contributed by atoms with Gasteiger partial charge in [-0.05, 0) is 56.2 Å². The van der Waals surface area contributed by atoms with Crippen LogP contribution < -0.4 is 5.32 Å². The molecule has 0 unspecified atom stereocenters. The Balaban J connectivity index is 1.51. The summed E-state index contributed by atoms with van der Waals surface area (Å²) < 4.78 is 15.1. The van der Waals surface area contributed by atoms with Gasteiger partial charge in [0.1, 0.15) is 5.82 Å². The normalized spacial score (nSPS) is 14.7. The fourth-order valence-corrected chi connectivity index (χ4v) is 3.62. The number of nitrogens with one attached hydrogen (secondary N) is 1. The van der Waals surface area contributed by atoms with E-state index in [0.29, 0.717) is 11.7 Å². The summed E-state index contributed by atoms with van der Waals surface area (Å²) in [6.45, 7) is 1.82. The van der Waals surface area contributed by atoms with Crippen LogP contribution in [0.3, 0.4) is 0 Å². The topological polar surface area (TPSA) is 72.7 Å². The van der Waals surface area contributed by atoms with Crippen LogP contribution in [0.4, 0.5) is 10.1 Å². The van der Waals surface area contributed by atoms with Gasteiger partial charge < -0.3 is 5.32 Å². The summed E-state index contributed by atoms with van der Waals surface area (Å²) in [6.07, 6.45) is 5.64. The first-order valence-electron chi connectivity index (χ1n) is 8.70. The second-order valence-electron chi connectivity index (χ2n) is 6.41. The molecule has 1 aliphatic rings. The molecule has 0 saturated heterocycles. The Bertz CT molecular complexity index is 940. The Morgan fingerprint density at radius 3 is 2.70 bits per heavy atom. The Morgan fingerprint density at radius 2 is 2.04 bits per heavy atom. The molecule has 1 amide bonds. The van der Waals surface area contributed by atoms with Gasteiger partial charge in [-0.25, -0.2) is 4.39 Å². The molecule has 27 heavy (non-hydrogen) atoms. The van der Waals surface area contributed by atoms with Crippen molar-refractivity contribution in [2.24, 2.45) is 0 Å². The minimum atomic E-state index is -0.376. The summed E-state index contributed by atoms with van der Waals surface area (Å²) in [5.41, 5.74) is 1.47. The summed E-state index contributed by atoms with van der Waals surface area (Å²) in [4.78, 5) is 16.6. The summed E-state index contributed by atoms with van der Waals surface area (Å²) in [7, 11) is 0. The second-order valence-corrected chi connectivity index (χ2v) is 7.71. The van der Waals surface area contributed by atoms with Crippen LogP contribution in [-0.2, 0) is 4.79 Å². The molecule has 1 atom stereocenters. The van der Waals surface area contributed by atoms with Gasteiger partial charge in [-0.3, -0.25) is 14.3 Å². The van der Waals surface area contributed by atoms with Gasteiger partial charge in [-0.2, -0.15) is 0 Å². The molecule has 1 fully saturated rings. The van der Waals surface area contributed by atoms with E-state index in [0.717, 1.165) is 29.4 Å². The van der Waals surface area contributed by atoms with Crippen LogP contribution in [0.1, 0.15) is 25.8 Å². The Hall–Kier alpha value is -2.74. The lowest BCUT2D eigenvalue weighted by Crippen LogP contribution is -2.23. The third kappa shape index (κ3) is 4.00. The molecule has 1 saturated carbocycles. The fraction of sp³-hybridized carbons (Fsp3) is 0.263. The first-order valence-corrected chi connectivity index (χ1v) is 9.58. The molecule has 1 N–H and O–H groups in total. The summed E-state index contributed by atoms with van der Waals surface area (Å²) in [5, 5.41) is 11.8. The van der Waals surface area contributed by atoms with Crippen LogP contribution in [0.5, 0.6) is 0 Å². The zero-order valence-corrected chi connectivity index (χ0v) is 15.5. The van der Waals surface area contributed by atoms with E-state index in [1.807, 2.05) is 19.1 Å². The Kier molecular flexibility index (Phi) is 4.89. The van der Waals surface area contributed by atoms with Crippen LogP contribution >= 0.6 is 11.8 Å². The zero-order chi connectivity index (χ0) is 18.8. The predicted octanol–water partition coefficient (Wildman–Crippen LogP) is 3.93. The van der Waals surface area contributed by atoms with Crippen molar-refractivity contribution < 1.29 is 9.18 Å². The average Bonchev–Trinajstić information content (AvgIpc) is 3.44. The highest BCUT2D eigenvalue weighted by Gasteiger charge is 2.31. The highest BCUT2D eigenvalue weighted by Crippen LogP contribution is 2.41. The van der Waals surface area contributed by atoms with Crippen molar-refractivity contribution in [1.29, 1.82) is 0 Å². The average molecular weight is 383 g/mol. The molecule has 1 aliphatic carbocycles. The molecule has 1 aromatic carbocycles. The van der Waals surface area contributed by atoms with E-state index in [1.54, 1.807) is 12.4 Å². The maximum absolute atomic E-state index is 13.0. The zero-order valence-electron chi connectivity index (χ0n) is 14.7. The van der Waals surface area contributed by atoms with Gasteiger partial charge in [-0.1, -0.05) is 11.8 Å². The van der Waals surface area contributed by atoms with Crippen molar-refractivity contribution in [2.75, 3.05) is 5.32 Å². The van der Waals surface area contributed by atoms with Crippen molar-refractivity contribution in [3.05, 3.63) is 54.6 Å². The first kappa shape index (κ1) is 17.7. The number of aromatic nitrogens is 4. The molecule has 0 spiro atoms. The third-order valence-electron chi connectivity index (χ3n) is 4.26. The van der Waals surface area contributed by atoms with E-state index in [1.165, 1.54) is 36.0 Å². The highest BCUT2D eigenvalue weighted by atomic mass is 32.2. The number of halogens is 1. The monoisotopic (exact) mass is 383 g/mol. The minimum absolute atomic E-state index is 0.167. The SMILES string of the molecule is C[C@@H](Sc1nnc(-c2cccnc2)n1C1CC1)C(=O)Nc1ccc(F)cc1. The summed E-state index contributed by atoms with van der Waals surface area (Å²) in [5.74, 6) is 0.273. The standard InChI is InChI=1S/C19H18FN5OS/c1-12(18(26)22-15-6-4-14(20)5-7-15)27-19-24-23-17(25(19)16-8-9-16)13-3-2-10-21-11-13/h2-7,10-12,16H,8-9H2,1H3,(H,22,26)/t12-/m1/s1. The van der Waals surface area contributed by atoms with Crippen molar-refractivity contribution in [2.45, 2.75) is 36.2 Å². The van der Waals surface area contributed by atoms with E-state index in [-0.39, 0.29) is 17.0 Å². The molecular formula is C19H18FN5OS. The summed E-state index contributed by atoms with van der Waals surface area (Å²) in [6, 6.07) is 9.90. The number of pyridine rings is 1. The number of rotatable bonds is 6. The van der Waals surface area contributed by atoms with Crippen molar-refractivity contribution in [3.8, 4) is 11.4 Å². The van der Waals surface area contributed by atoms with E-state index in [9.17, 15) is 9.18 Å². The van der Waals surface area contributed by atoms with Crippen LogP contribution in [0, 0.1) is 5.82 Å². The van der Waals surface area contributed by atoms with Crippen LogP contribution in [-0.4, -0.2) is 30.9 Å². The quantitative estimate of drug-likeness (QED) is 0.653. The molecule has 3 aromatic rings. The lowest BCUT2D eigenvalue weighted by Gasteiger charge is -2.13. The number of thioether (sulfide) groups is 1. The molecular weight excluding hydrogens is 365 g/mol. The molecule has 4 rings (SSSR count). The molecule has 138 valence electrons. The molecule has 2 heterocycles. The van der Waals surface area contributed by atoms with Crippen LogP contribution in [0.15, 0.2) is 53.9 Å². The number of carbonyl (C=O) groups is 1. The fourth-order valence-electron chi connectivity index (χ4n) is 2.70. The van der Waals surface area contributed by atoms with Gasteiger partial charge in [0.25, 0.3) is 0 Å². The van der Waals surface area contributed by atoms with E-state index >= 15 is 0 Å². The first-order chi connectivity index (χ1) is 13.1. The maximum Gasteiger partial charge on any atom is 0.237 e. The smallest absolute Gasteiger partial charge is 0.237 e. The number of amides is 1. The summed E-state index contributed by atoms with van der Waals surface area (Å²) >= 11 is 1.37. The van der Waals surface area contributed by atoms with Crippen molar-refractivity contribution in [3.63, 3.8) is 0 Å². The van der Waals surface area contributed by atoms with Crippen molar-refractivity contribution >= 4 is 23.4 Å². The lowest BCUT2D eigenvalue weighted by atomic mass is 10.3. The van der Waals surface area contributed by atoms with E-state index < -0.39 is 0 Å². The second kappa shape index (κ2) is 7.48. The van der Waals surface area contributed by atoms with Gasteiger partial charge in [0.05, 0.1) is 5.25 Å². The van der Waals surface area contributed by atoms with Crippen molar-refractivity contribution in [1.82, 2.24) is 19.7 Å². The lowest BCUT2D eigenvalue weighted by molar-refractivity contribution is -0.115. The molecule has 0 aliphatic heterocycles. The van der Waals surface area contributed by atoms with Gasteiger partial charge in [0.2, 0.25) is 5.91 Å². The van der Waals surface area contributed by atoms with E-state index in [4.69, 9.17) is 0 Å². The Labute approximate surface area is 160 Å². The van der Waals surface area contributed by atoms with Gasteiger partial charge in [-0.15, -0.1) is 10.2 Å². The van der Waals surface area contributed by atoms with Gasteiger partial charge >= 0.3 is 0 Å². The number of anilines is 1. The van der Waals surface area contributed by atoms with Gasteiger partial charge in [0.15, 0.2) is 11.0 Å². The number of carbonyl (C=O) groups excluding carboxylic acids is 1. The van der Waals surface area contributed by atoms with Crippen LogP contribution in [0.2, 0.25) is 0 Å². The number of hydrogen-bond donors (Lipinski definition) is 1. The Morgan fingerprint density at radius 1 is 1.26 bits per heavy atom. The highest BCUT2D eigenvalue weighted by molar-refractivity contribution is 8.00. The largest absolute Gasteiger partial charge is 0.325 e. The molecule has 2 aromatic heterocycles. The number of nitrogens with zero attached hydrogens (tertiary/aromatic N) is 4. The third-order valence-corrected chi connectivity index (χ3v) is 5.32. The van der Waals surface area contributed by atoms with Crippen LogP contribution in [0.25, 0.3) is 11.4 Å². The molecule has 0 bridgehead atoms. The maximum atomic E-state index is 13.0. The van der Waals surface area contributed by atoms with E-state index in [2.05, 4.69) is 25.1 Å². The number of hydrogen-bond acceptors (Lipinski definition) is 5. The molecule has 0 radical (unpaired) electrons. The number of benzene rings is 1. The molecule has 8 heteroatoms. The minimum Gasteiger partial charge on any atom is -0.325 e. The molecule has 6 nitrogen and oxygen atoms in total.